The van der Waals surface area contributed by atoms with Crippen molar-refractivity contribution in [3.05, 3.63) is 65.4 Å². The Morgan fingerprint density at radius 3 is 2.48 bits per heavy atom. The van der Waals surface area contributed by atoms with Crippen molar-refractivity contribution < 1.29 is 4.79 Å². The summed E-state index contributed by atoms with van der Waals surface area (Å²) in [7, 11) is 0. The number of anilines is 2. The number of nitriles is 2. The van der Waals surface area contributed by atoms with E-state index >= 15 is 0 Å². The molecule has 0 atom stereocenters. The van der Waals surface area contributed by atoms with E-state index in [4.69, 9.17) is 5.73 Å². The Balaban J connectivity index is 1.84. The van der Waals surface area contributed by atoms with Crippen molar-refractivity contribution >= 4 is 29.3 Å². The fourth-order valence-electron chi connectivity index (χ4n) is 2.98. The predicted octanol–water partition coefficient (Wildman–Crippen LogP) is 4.15. The van der Waals surface area contributed by atoms with Gasteiger partial charge in [-0.3, -0.25) is 4.79 Å². The van der Waals surface area contributed by atoms with Crippen molar-refractivity contribution in [3.8, 4) is 23.3 Å². The number of hydrogen-bond donors (Lipinski definition) is 2. The molecular weight excluding hydrogens is 408 g/mol. The molecule has 3 rings (SSSR count). The van der Waals surface area contributed by atoms with Crippen molar-refractivity contribution in [3.63, 3.8) is 0 Å². The molecule has 2 heterocycles. The number of pyridine rings is 2. The molecule has 2 aromatic heterocycles. The minimum Gasteiger partial charge on any atom is -0.383 e. The first kappa shape index (κ1) is 21.8. The predicted molar refractivity (Wildman–Crippen MR) is 121 cm³/mol. The smallest absolute Gasteiger partial charge is 0.226 e. The van der Waals surface area contributed by atoms with E-state index in [1.54, 1.807) is 24.4 Å². The molecule has 0 saturated carbocycles. The normalized spacial score (nSPS) is 10.2. The van der Waals surface area contributed by atoms with Crippen LogP contribution in [0, 0.1) is 22.7 Å². The first-order valence-electron chi connectivity index (χ1n) is 9.64. The topological polar surface area (TPSA) is 128 Å². The molecule has 31 heavy (non-hydrogen) atoms. The highest BCUT2D eigenvalue weighted by atomic mass is 32.2. The number of nitrogen functional groups attached to an aromatic ring is 1. The number of aryl methyl sites for hydroxylation is 1. The van der Waals surface area contributed by atoms with Crippen LogP contribution >= 0.6 is 11.8 Å². The Hall–Kier alpha value is -3.88. The standard InChI is InChI=1S/C23H20N6OS/c1-2-15-6-8-16(9-7-15)21-17(13-24)22(26)29-23(18(21)14-25)31-12-10-20(30)28-19-5-3-4-11-27-19/h3-9,11H,2,10,12H2,1H3,(H2,26,29)(H,27,28,30). The molecule has 0 unspecified atom stereocenters. The minimum atomic E-state index is -0.193. The van der Waals surface area contributed by atoms with E-state index < -0.39 is 0 Å². The van der Waals surface area contributed by atoms with Crippen molar-refractivity contribution in [1.29, 1.82) is 10.5 Å². The van der Waals surface area contributed by atoms with Crippen molar-refractivity contribution in [2.24, 2.45) is 0 Å². The van der Waals surface area contributed by atoms with E-state index in [1.165, 1.54) is 11.8 Å². The molecule has 3 aromatic rings. The number of rotatable bonds is 7. The summed E-state index contributed by atoms with van der Waals surface area (Å²) in [4.78, 5) is 20.5. The van der Waals surface area contributed by atoms with Gasteiger partial charge >= 0.3 is 0 Å². The highest BCUT2D eigenvalue weighted by Crippen LogP contribution is 2.35. The third-order valence-electron chi connectivity index (χ3n) is 4.57. The fraction of sp³-hybridized carbons (Fsp3) is 0.174. The van der Waals surface area contributed by atoms with E-state index in [0.29, 0.717) is 22.2 Å². The third kappa shape index (κ3) is 5.19. The van der Waals surface area contributed by atoms with Gasteiger partial charge in [0.1, 0.15) is 34.4 Å². The van der Waals surface area contributed by atoms with Gasteiger partial charge in [-0.1, -0.05) is 37.3 Å². The molecule has 0 aliphatic rings. The van der Waals surface area contributed by atoms with Crippen LogP contribution in [0.3, 0.4) is 0 Å². The number of hydrogen-bond acceptors (Lipinski definition) is 7. The van der Waals surface area contributed by atoms with Gasteiger partial charge in [0.2, 0.25) is 5.91 Å². The zero-order valence-corrected chi connectivity index (χ0v) is 17.7. The van der Waals surface area contributed by atoms with Crippen molar-refractivity contribution in [2.75, 3.05) is 16.8 Å². The van der Waals surface area contributed by atoms with Crippen LogP contribution in [0.25, 0.3) is 11.1 Å². The summed E-state index contributed by atoms with van der Waals surface area (Å²) >= 11 is 1.26. The number of benzene rings is 1. The Labute approximate surface area is 184 Å². The molecule has 8 heteroatoms. The number of amides is 1. The van der Waals surface area contributed by atoms with Gasteiger partial charge in [-0.25, -0.2) is 9.97 Å². The monoisotopic (exact) mass is 428 g/mol. The molecule has 154 valence electrons. The van der Waals surface area contributed by atoms with Gasteiger partial charge in [0.05, 0.1) is 5.56 Å². The van der Waals surface area contributed by atoms with Crippen LogP contribution in [-0.2, 0) is 11.2 Å². The molecule has 1 aromatic carbocycles. The Kier molecular flexibility index (Phi) is 7.21. The second-order valence-corrected chi connectivity index (χ2v) is 7.65. The van der Waals surface area contributed by atoms with Gasteiger partial charge in [0.15, 0.2) is 0 Å². The van der Waals surface area contributed by atoms with E-state index in [2.05, 4.69) is 34.3 Å². The van der Waals surface area contributed by atoms with Crippen LogP contribution in [-0.4, -0.2) is 21.6 Å². The number of nitrogens with one attached hydrogen (secondary N) is 1. The van der Waals surface area contributed by atoms with Gasteiger partial charge in [0, 0.05) is 23.9 Å². The first-order chi connectivity index (χ1) is 15.1. The molecular formula is C23H20N6OS. The second-order valence-electron chi connectivity index (χ2n) is 6.56. The number of aromatic nitrogens is 2. The van der Waals surface area contributed by atoms with Crippen LogP contribution in [0.4, 0.5) is 11.6 Å². The van der Waals surface area contributed by atoms with Gasteiger partial charge in [-0.15, -0.1) is 11.8 Å². The SMILES string of the molecule is CCc1ccc(-c2c(C#N)c(N)nc(SCCC(=O)Nc3ccccn3)c2C#N)cc1. The van der Waals surface area contributed by atoms with Crippen LogP contribution in [0.5, 0.6) is 0 Å². The van der Waals surface area contributed by atoms with Crippen molar-refractivity contribution in [1.82, 2.24) is 9.97 Å². The molecule has 0 bridgehead atoms. The second kappa shape index (κ2) is 10.2. The lowest BCUT2D eigenvalue weighted by molar-refractivity contribution is -0.115. The summed E-state index contributed by atoms with van der Waals surface area (Å²) in [5, 5.41) is 22.6. The zero-order valence-electron chi connectivity index (χ0n) is 16.9. The lowest BCUT2D eigenvalue weighted by Crippen LogP contribution is -2.13. The molecule has 0 spiro atoms. The third-order valence-corrected chi connectivity index (χ3v) is 5.54. The average molecular weight is 429 g/mol. The number of carbonyl (C=O) groups excluding carboxylic acids is 1. The minimum absolute atomic E-state index is 0.0662. The van der Waals surface area contributed by atoms with E-state index in [9.17, 15) is 15.3 Å². The molecule has 0 aliphatic heterocycles. The summed E-state index contributed by atoms with van der Waals surface area (Å²) in [6.45, 7) is 2.06. The van der Waals surface area contributed by atoms with Gasteiger partial charge < -0.3 is 11.1 Å². The maximum Gasteiger partial charge on any atom is 0.226 e. The highest BCUT2D eigenvalue weighted by Gasteiger charge is 2.20. The number of thioether (sulfide) groups is 1. The molecule has 7 nitrogen and oxygen atoms in total. The van der Waals surface area contributed by atoms with Crippen LogP contribution in [0.1, 0.15) is 30.0 Å². The van der Waals surface area contributed by atoms with E-state index in [-0.39, 0.29) is 29.3 Å². The first-order valence-corrected chi connectivity index (χ1v) is 10.6. The van der Waals surface area contributed by atoms with E-state index in [0.717, 1.165) is 17.5 Å². The Bertz CT molecular complexity index is 1160. The lowest BCUT2D eigenvalue weighted by atomic mass is 9.96. The molecule has 1 amide bonds. The summed E-state index contributed by atoms with van der Waals surface area (Å²) < 4.78 is 0. The zero-order chi connectivity index (χ0) is 22.2. The molecule has 0 saturated heterocycles. The molecule has 0 radical (unpaired) electrons. The quantitative estimate of drug-likeness (QED) is 0.541. The number of nitrogens with zero attached hydrogens (tertiary/aromatic N) is 4. The maximum absolute atomic E-state index is 12.2. The highest BCUT2D eigenvalue weighted by molar-refractivity contribution is 7.99. The Morgan fingerprint density at radius 2 is 1.87 bits per heavy atom. The molecule has 0 aliphatic carbocycles. The van der Waals surface area contributed by atoms with Gasteiger partial charge in [0.25, 0.3) is 0 Å². The van der Waals surface area contributed by atoms with Crippen molar-refractivity contribution in [2.45, 2.75) is 24.8 Å². The number of nitrogens with two attached hydrogens (primary N) is 1. The molecule has 3 N–H and O–H groups in total. The maximum atomic E-state index is 12.2. The average Bonchev–Trinajstić information content (AvgIpc) is 2.79. The number of carbonyl (C=O) groups is 1. The van der Waals surface area contributed by atoms with Gasteiger partial charge in [-0.05, 0) is 29.7 Å². The summed E-state index contributed by atoms with van der Waals surface area (Å²) in [6.07, 6.45) is 2.69. The van der Waals surface area contributed by atoms with Crippen LogP contribution in [0.2, 0.25) is 0 Å². The van der Waals surface area contributed by atoms with Crippen LogP contribution in [0.15, 0.2) is 53.7 Å². The summed E-state index contributed by atoms with van der Waals surface area (Å²) in [5.41, 5.74) is 8.85. The largest absolute Gasteiger partial charge is 0.383 e. The molecule has 0 fully saturated rings. The van der Waals surface area contributed by atoms with Crippen LogP contribution < -0.4 is 11.1 Å². The summed E-state index contributed by atoms with van der Waals surface area (Å²) in [5.74, 6) is 0.742. The van der Waals surface area contributed by atoms with Gasteiger partial charge in [-0.2, -0.15) is 10.5 Å². The summed E-state index contributed by atoms with van der Waals surface area (Å²) in [6, 6.07) is 17.2. The fourth-order valence-corrected chi connectivity index (χ4v) is 3.92. The Morgan fingerprint density at radius 1 is 1.13 bits per heavy atom. The van der Waals surface area contributed by atoms with E-state index in [1.807, 2.05) is 24.3 Å². The lowest BCUT2D eigenvalue weighted by Gasteiger charge is -2.13.